The van der Waals surface area contributed by atoms with Gasteiger partial charge in [0.05, 0.1) is 0 Å². The van der Waals surface area contributed by atoms with E-state index in [0.717, 1.165) is 11.3 Å². The molecule has 0 N–H and O–H groups in total. The zero-order valence-corrected chi connectivity index (χ0v) is 9.15. The van der Waals surface area contributed by atoms with Crippen LogP contribution in [-0.4, -0.2) is 0 Å². The van der Waals surface area contributed by atoms with Crippen molar-refractivity contribution >= 4 is 0 Å². The standard InChI is InChI=1S/C13H24/c1-12-6-5-10-13(11-7-12)8-3-2-4-9-13/h12H,2-11H2,1H3. The third-order valence-electron chi connectivity index (χ3n) is 4.49. The van der Waals surface area contributed by atoms with E-state index < -0.39 is 0 Å². The normalized spacial score (nSPS) is 34.4. The van der Waals surface area contributed by atoms with Crippen LogP contribution in [-0.2, 0) is 0 Å². The van der Waals surface area contributed by atoms with Gasteiger partial charge < -0.3 is 0 Å². The SMILES string of the molecule is CC1CCCC2(CCCCC2)CC1. The van der Waals surface area contributed by atoms with Gasteiger partial charge >= 0.3 is 0 Å². The van der Waals surface area contributed by atoms with Crippen LogP contribution in [0.2, 0.25) is 0 Å². The van der Waals surface area contributed by atoms with Crippen molar-refractivity contribution in [3.63, 3.8) is 0 Å². The molecule has 0 aliphatic heterocycles. The molecule has 0 radical (unpaired) electrons. The smallest absolute Gasteiger partial charge is 0.0297 e. The minimum Gasteiger partial charge on any atom is -0.0625 e. The van der Waals surface area contributed by atoms with E-state index in [1.54, 1.807) is 25.7 Å². The van der Waals surface area contributed by atoms with Gasteiger partial charge in [-0.3, -0.25) is 0 Å². The van der Waals surface area contributed by atoms with Crippen LogP contribution in [0.25, 0.3) is 0 Å². The number of hydrogen-bond donors (Lipinski definition) is 0. The highest BCUT2D eigenvalue weighted by molar-refractivity contribution is 4.85. The molecule has 0 heterocycles. The lowest BCUT2D eigenvalue weighted by molar-refractivity contribution is 0.159. The largest absolute Gasteiger partial charge is 0.0625 e. The maximum Gasteiger partial charge on any atom is -0.0297 e. The molecular formula is C13H24. The second-order valence-electron chi connectivity index (χ2n) is 5.60. The molecule has 2 rings (SSSR count). The van der Waals surface area contributed by atoms with Crippen LogP contribution in [0.4, 0.5) is 0 Å². The van der Waals surface area contributed by atoms with Crippen molar-refractivity contribution in [2.45, 2.75) is 71.1 Å². The average molecular weight is 180 g/mol. The lowest BCUT2D eigenvalue weighted by Crippen LogP contribution is -2.23. The first-order chi connectivity index (χ1) is 6.31. The molecule has 2 aliphatic rings. The highest BCUT2D eigenvalue weighted by Gasteiger charge is 2.33. The van der Waals surface area contributed by atoms with E-state index in [-0.39, 0.29) is 0 Å². The zero-order valence-electron chi connectivity index (χ0n) is 9.15. The van der Waals surface area contributed by atoms with E-state index in [9.17, 15) is 0 Å². The van der Waals surface area contributed by atoms with Crippen molar-refractivity contribution in [3.8, 4) is 0 Å². The first kappa shape index (κ1) is 9.55. The average Bonchev–Trinajstić information content (AvgIpc) is 2.32. The molecule has 2 fully saturated rings. The maximum atomic E-state index is 2.45. The molecule has 2 aliphatic carbocycles. The Bertz CT molecular complexity index is 153. The summed E-state index contributed by atoms with van der Waals surface area (Å²) >= 11 is 0. The summed E-state index contributed by atoms with van der Waals surface area (Å²) in [5.41, 5.74) is 0.822. The Balaban J connectivity index is 1.95. The molecule has 0 aromatic heterocycles. The van der Waals surface area contributed by atoms with Gasteiger partial charge in [-0.15, -0.1) is 0 Å². The summed E-state index contributed by atoms with van der Waals surface area (Å²) in [5, 5.41) is 0. The molecule has 0 nitrogen and oxygen atoms in total. The van der Waals surface area contributed by atoms with E-state index in [2.05, 4.69) is 6.92 Å². The highest BCUT2D eigenvalue weighted by atomic mass is 14.4. The van der Waals surface area contributed by atoms with Gasteiger partial charge in [0.1, 0.15) is 0 Å². The minimum absolute atomic E-state index is 0.822. The van der Waals surface area contributed by atoms with Crippen molar-refractivity contribution in [3.05, 3.63) is 0 Å². The van der Waals surface area contributed by atoms with E-state index in [0.29, 0.717) is 0 Å². The molecular weight excluding hydrogens is 156 g/mol. The molecule has 0 amide bonds. The van der Waals surface area contributed by atoms with Gasteiger partial charge in [0.25, 0.3) is 0 Å². The second-order valence-corrected chi connectivity index (χ2v) is 5.60. The fraction of sp³-hybridized carbons (Fsp3) is 1.00. The van der Waals surface area contributed by atoms with Gasteiger partial charge in [-0.25, -0.2) is 0 Å². The fourth-order valence-electron chi connectivity index (χ4n) is 3.45. The van der Waals surface area contributed by atoms with E-state index in [4.69, 9.17) is 0 Å². The molecule has 0 heteroatoms. The van der Waals surface area contributed by atoms with Gasteiger partial charge in [0.15, 0.2) is 0 Å². The lowest BCUT2D eigenvalue weighted by Gasteiger charge is -2.36. The van der Waals surface area contributed by atoms with Crippen LogP contribution >= 0.6 is 0 Å². The third-order valence-corrected chi connectivity index (χ3v) is 4.49. The Kier molecular flexibility index (Phi) is 2.96. The fourth-order valence-corrected chi connectivity index (χ4v) is 3.45. The van der Waals surface area contributed by atoms with Crippen molar-refractivity contribution in [1.29, 1.82) is 0 Å². The molecule has 76 valence electrons. The molecule has 1 spiro atoms. The Labute approximate surface area is 83.1 Å². The van der Waals surface area contributed by atoms with E-state index in [1.807, 2.05) is 0 Å². The van der Waals surface area contributed by atoms with Crippen molar-refractivity contribution in [2.75, 3.05) is 0 Å². The summed E-state index contributed by atoms with van der Waals surface area (Å²) in [7, 11) is 0. The number of hydrogen-bond acceptors (Lipinski definition) is 0. The van der Waals surface area contributed by atoms with Crippen LogP contribution in [0.15, 0.2) is 0 Å². The van der Waals surface area contributed by atoms with Gasteiger partial charge in [-0.2, -0.15) is 0 Å². The Morgan fingerprint density at radius 1 is 0.769 bits per heavy atom. The molecule has 0 aromatic carbocycles. The first-order valence-electron chi connectivity index (χ1n) is 6.31. The van der Waals surface area contributed by atoms with Gasteiger partial charge in [-0.05, 0) is 37.0 Å². The van der Waals surface area contributed by atoms with Crippen LogP contribution in [0.3, 0.4) is 0 Å². The van der Waals surface area contributed by atoms with Crippen LogP contribution in [0.1, 0.15) is 71.1 Å². The van der Waals surface area contributed by atoms with Crippen molar-refractivity contribution < 1.29 is 0 Å². The maximum absolute atomic E-state index is 2.45. The number of rotatable bonds is 0. The monoisotopic (exact) mass is 180 g/mol. The Morgan fingerprint density at radius 3 is 2.23 bits per heavy atom. The summed E-state index contributed by atoms with van der Waals surface area (Å²) in [5.74, 6) is 1.02. The first-order valence-corrected chi connectivity index (χ1v) is 6.31. The van der Waals surface area contributed by atoms with Gasteiger partial charge in [0, 0.05) is 0 Å². The van der Waals surface area contributed by atoms with Crippen molar-refractivity contribution in [1.82, 2.24) is 0 Å². The van der Waals surface area contributed by atoms with Crippen LogP contribution in [0.5, 0.6) is 0 Å². The highest BCUT2D eigenvalue weighted by Crippen LogP contribution is 2.47. The molecule has 0 saturated heterocycles. The quantitative estimate of drug-likeness (QED) is 0.513. The summed E-state index contributed by atoms with van der Waals surface area (Å²) in [6.07, 6.45) is 15.3. The zero-order chi connectivity index (χ0) is 9.15. The topological polar surface area (TPSA) is 0 Å². The summed E-state index contributed by atoms with van der Waals surface area (Å²) in [6.45, 7) is 2.45. The van der Waals surface area contributed by atoms with E-state index in [1.165, 1.54) is 38.5 Å². The molecule has 1 atom stereocenters. The summed E-state index contributed by atoms with van der Waals surface area (Å²) in [4.78, 5) is 0. The predicted octanol–water partition coefficient (Wildman–Crippen LogP) is 4.54. The molecule has 0 bridgehead atoms. The molecule has 1 unspecified atom stereocenters. The van der Waals surface area contributed by atoms with Crippen LogP contribution < -0.4 is 0 Å². The Morgan fingerprint density at radius 2 is 1.46 bits per heavy atom. The second kappa shape index (κ2) is 4.02. The minimum atomic E-state index is 0.822. The summed E-state index contributed by atoms with van der Waals surface area (Å²) < 4.78 is 0. The molecule has 2 saturated carbocycles. The molecule has 0 aromatic rings. The predicted molar refractivity (Wildman–Crippen MR) is 57.8 cm³/mol. The summed E-state index contributed by atoms with van der Waals surface area (Å²) in [6, 6.07) is 0. The van der Waals surface area contributed by atoms with Gasteiger partial charge in [0.2, 0.25) is 0 Å². The van der Waals surface area contributed by atoms with Gasteiger partial charge in [-0.1, -0.05) is 45.4 Å². The third kappa shape index (κ3) is 2.27. The van der Waals surface area contributed by atoms with Crippen LogP contribution in [0, 0.1) is 11.3 Å². The molecule has 13 heavy (non-hydrogen) atoms. The Hall–Kier alpha value is 0. The lowest BCUT2D eigenvalue weighted by atomic mass is 9.69. The van der Waals surface area contributed by atoms with Crippen molar-refractivity contribution in [2.24, 2.45) is 11.3 Å². The van der Waals surface area contributed by atoms with E-state index >= 15 is 0 Å².